The molecule has 0 unspecified atom stereocenters. The molecule has 0 atom stereocenters. The van der Waals surface area contributed by atoms with Gasteiger partial charge in [0.05, 0.1) is 5.52 Å². The molecule has 0 bridgehead atoms. The number of carboxylic acids is 1. The summed E-state index contributed by atoms with van der Waals surface area (Å²) in [4.78, 5) is 18.7. The van der Waals surface area contributed by atoms with Gasteiger partial charge in [-0.15, -0.1) is 0 Å². The van der Waals surface area contributed by atoms with Crippen molar-refractivity contribution in [3.8, 4) is 17.0 Å². The van der Waals surface area contributed by atoms with Gasteiger partial charge >= 0.3 is 5.97 Å². The zero-order chi connectivity index (χ0) is 17.8. The van der Waals surface area contributed by atoms with E-state index in [0.717, 1.165) is 5.56 Å². The van der Waals surface area contributed by atoms with E-state index in [9.17, 15) is 9.90 Å². The summed E-state index contributed by atoms with van der Waals surface area (Å²) in [6.07, 6.45) is 0. The number of ether oxygens (including phenoxy) is 1. The molecule has 128 valence electrons. The second-order valence-electron chi connectivity index (χ2n) is 6.00. The predicted molar refractivity (Wildman–Crippen MR) is 98.2 cm³/mol. The highest BCUT2D eigenvalue weighted by molar-refractivity contribution is 6.07. The smallest absolute Gasteiger partial charge is 0.340 e. The summed E-state index contributed by atoms with van der Waals surface area (Å²) in [6, 6.07) is 16.8. The van der Waals surface area contributed by atoms with Gasteiger partial charge in [0.15, 0.2) is 5.75 Å². The fourth-order valence-electron chi connectivity index (χ4n) is 2.67. The molecule has 1 heterocycles. The molecule has 2 aromatic carbocycles. The first-order valence-corrected chi connectivity index (χ1v) is 8.07. The van der Waals surface area contributed by atoms with E-state index in [1.54, 1.807) is 6.07 Å². The van der Waals surface area contributed by atoms with Gasteiger partial charge in [-0.05, 0) is 20.2 Å². The number of pyridine rings is 1. The largest absolute Gasteiger partial charge is 0.489 e. The van der Waals surface area contributed by atoms with E-state index < -0.39 is 5.97 Å². The number of aromatic nitrogens is 1. The molecule has 0 saturated heterocycles. The lowest BCUT2D eigenvalue weighted by Crippen LogP contribution is -2.20. The number of benzene rings is 2. The van der Waals surface area contributed by atoms with Crippen molar-refractivity contribution >= 4 is 16.9 Å². The van der Waals surface area contributed by atoms with Crippen molar-refractivity contribution in [2.24, 2.45) is 0 Å². The Balaban J connectivity index is 2.22. The number of hydrogen-bond acceptors (Lipinski definition) is 4. The molecule has 0 saturated carbocycles. The second kappa shape index (κ2) is 7.32. The van der Waals surface area contributed by atoms with Gasteiger partial charge in [-0.1, -0.05) is 48.5 Å². The first-order valence-electron chi connectivity index (χ1n) is 8.07. The molecule has 0 radical (unpaired) electrons. The SMILES string of the molecule is CN(C)CCOc1c(-c2ccccc2)nc2ccccc2c1C(=O)O. The molecule has 25 heavy (non-hydrogen) atoms. The topological polar surface area (TPSA) is 62.7 Å². The van der Waals surface area contributed by atoms with Crippen LogP contribution in [0.2, 0.25) is 0 Å². The molecule has 0 aliphatic rings. The summed E-state index contributed by atoms with van der Waals surface area (Å²) >= 11 is 0. The van der Waals surface area contributed by atoms with Gasteiger partial charge in [0.2, 0.25) is 0 Å². The summed E-state index contributed by atoms with van der Waals surface area (Å²) in [5.41, 5.74) is 2.17. The molecular weight excluding hydrogens is 316 g/mol. The average molecular weight is 336 g/mol. The molecular formula is C20H20N2O3. The molecule has 0 amide bonds. The summed E-state index contributed by atoms with van der Waals surface area (Å²) in [5.74, 6) is -0.699. The lowest BCUT2D eigenvalue weighted by Gasteiger charge is -2.17. The Labute approximate surface area is 146 Å². The monoisotopic (exact) mass is 336 g/mol. The molecule has 3 aromatic rings. The Kier molecular flexibility index (Phi) is 4.95. The third-order valence-corrected chi connectivity index (χ3v) is 3.89. The van der Waals surface area contributed by atoms with Crippen molar-refractivity contribution in [3.63, 3.8) is 0 Å². The van der Waals surface area contributed by atoms with Crippen molar-refractivity contribution in [1.29, 1.82) is 0 Å². The zero-order valence-electron chi connectivity index (χ0n) is 14.3. The zero-order valence-corrected chi connectivity index (χ0v) is 14.3. The quantitative estimate of drug-likeness (QED) is 0.746. The van der Waals surface area contributed by atoms with Crippen molar-refractivity contribution in [2.75, 3.05) is 27.2 Å². The van der Waals surface area contributed by atoms with Crippen LogP contribution in [0.4, 0.5) is 0 Å². The maximum atomic E-state index is 12.0. The highest BCUT2D eigenvalue weighted by atomic mass is 16.5. The van der Waals surface area contributed by atoms with Gasteiger partial charge < -0.3 is 14.7 Å². The normalized spacial score (nSPS) is 11.0. The van der Waals surface area contributed by atoms with Gasteiger partial charge in [-0.25, -0.2) is 9.78 Å². The predicted octanol–water partition coefficient (Wildman–Crippen LogP) is 3.54. The maximum Gasteiger partial charge on any atom is 0.340 e. The van der Waals surface area contributed by atoms with Crippen LogP contribution in [0.15, 0.2) is 54.6 Å². The summed E-state index contributed by atoms with van der Waals surface area (Å²) in [7, 11) is 3.89. The standard InChI is InChI=1S/C20H20N2O3/c1-22(2)12-13-25-19-17(20(23)24)15-10-6-7-11-16(15)21-18(19)14-8-4-3-5-9-14/h3-11H,12-13H2,1-2H3,(H,23,24). The Morgan fingerprint density at radius 1 is 1.08 bits per heavy atom. The Hall–Kier alpha value is -2.92. The molecule has 0 aliphatic heterocycles. The van der Waals surface area contributed by atoms with Crippen LogP contribution in [-0.4, -0.2) is 48.2 Å². The molecule has 1 aromatic heterocycles. The fourth-order valence-corrected chi connectivity index (χ4v) is 2.67. The molecule has 0 spiro atoms. The number of rotatable bonds is 6. The number of para-hydroxylation sites is 1. The van der Waals surface area contributed by atoms with Crippen LogP contribution in [0.3, 0.4) is 0 Å². The van der Waals surface area contributed by atoms with Crippen LogP contribution < -0.4 is 4.74 Å². The lowest BCUT2D eigenvalue weighted by atomic mass is 10.0. The van der Waals surface area contributed by atoms with Crippen molar-refractivity contribution in [2.45, 2.75) is 0 Å². The van der Waals surface area contributed by atoms with Gasteiger partial charge in [0.25, 0.3) is 0 Å². The first-order chi connectivity index (χ1) is 12.1. The van der Waals surface area contributed by atoms with Crippen LogP contribution in [0.5, 0.6) is 5.75 Å². The van der Waals surface area contributed by atoms with Gasteiger partial charge in [0, 0.05) is 17.5 Å². The van der Waals surface area contributed by atoms with E-state index in [0.29, 0.717) is 35.5 Å². The minimum absolute atomic E-state index is 0.156. The highest BCUT2D eigenvalue weighted by Crippen LogP contribution is 2.36. The third-order valence-electron chi connectivity index (χ3n) is 3.89. The number of carboxylic acid groups (broad SMARTS) is 1. The fraction of sp³-hybridized carbons (Fsp3) is 0.200. The number of fused-ring (bicyclic) bond motifs is 1. The minimum Gasteiger partial charge on any atom is -0.489 e. The van der Waals surface area contributed by atoms with Crippen LogP contribution in [-0.2, 0) is 0 Å². The van der Waals surface area contributed by atoms with E-state index >= 15 is 0 Å². The number of nitrogens with zero attached hydrogens (tertiary/aromatic N) is 2. The van der Waals surface area contributed by atoms with Gasteiger partial charge in [0.1, 0.15) is 17.9 Å². The molecule has 3 rings (SSSR count). The van der Waals surface area contributed by atoms with Crippen molar-refractivity contribution < 1.29 is 14.6 Å². The van der Waals surface area contributed by atoms with Crippen molar-refractivity contribution in [1.82, 2.24) is 9.88 Å². The van der Waals surface area contributed by atoms with Gasteiger partial charge in [-0.3, -0.25) is 0 Å². The lowest BCUT2D eigenvalue weighted by molar-refractivity contribution is 0.0694. The van der Waals surface area contributed by atoms with Crippen molar-refractivity contribution in [3.05, 3.63) is 60.2 Å². The molecule has 5 heteroatoms. The van der Waals surface area contributed by atoms with Crippen LogP contribution in [0, 0.1) is 0 Å². The van der Waals surface area contributed by atoms with Crippen LogP contribution in [0.1, 0.15) is 10.4 Å². The first kappa shape index (κ1) is 16.9. The minimum atomic E-state index is -1.02. The summed E-state index contributed by atoms with van der Waals surface area (Å²) < 4.78 is 5.92. The number of hydrogen-bond donors (Lipinski definition) is 1. The Morgan fingerprint density at radius 3 is 2.44 bits per heavy atom. The maximum absolute atomic E-state index is 12.0. The third kappa shape index (κ3) is 3.61. The average Bonchev–Trinajstić information content (AvgIpc) is 2.61. The number of aromatic carboxylic acids is 1. The second-order valence-corrected chi connectivity index (χ2v) is 6.00. The van der Waals surface area contributed by atoms with Crippen LogP contribution in [0.25, 0.3) is 22.2 Å². The summed E-state index contributed by atoms with van der Waals surface area (Å²) in [5, 5.41) is 10.4. The molecule has 1 N–H and O–H groups in total. The van der Waals surface area contributed by atoms with E-state index in [2.05, 4.69) is 4.98 Å². The molecule has 0 aliphatic carbocycles. The summed E-state index contributed by atoms with van der Waals surface area (Å²) in [6.45, 7) is 1.06. The van der Waals surface area contributed by atoms with Gasteiger partial charge in [-0.2, -0.15) is 0 Å². The van der Waals surface area contributed by atoms with E-state index in [4.69, 9.17) is 4.74 Å². The Bertz CT molecular complexity index is 892. The van der Waals surface area contributed by atoms with Crippen LogP contribution >= 0.6 is 0 Å². The number of carbonyl (C=O) groups is 1. The van der Waals surface area contributed by atoms with E-state index in [-0.39, 0.29) is 5.56 Å². The molecule has 0 fully saturated rings. The van der Waals surface area contributed by atoms with E-state index in [1.165, 1.54) is 0 Å². The Morgan fingerprint density at radius 2 is 1.76 bits per heavy atom. The highest BCUT2D eigenvalue weighted by Gasteiger charge is 2.22. The van der Waals surface area contributed by atoms with E-state index in [1.807, 2.05) is 67.5 Å². The number of likely N-dealkylation sites (N-methyl/N-ethyl adjacent to an activating group) is 1. The molecule has 5 nitrogen and oxygen atoms in total.